The first-order chi connectivity index (χ1) is 9.60. The summed E-state index contributed by atoms with van der Waals surface area (Å²) in [6.07, 6.45) is 1.54. The summed E-state index contributed by atoms with van der Waals surface area (Å²) in [5, 5.41) is 18.2. The third-order valence-electron chi connectivity index (χ3n) is 2.51. The smallest absolute Gasteiger partial charge is 0.338 e. The molecule has 1 aromatic heterocycles. The topological polar surface area (TPSA) is 74.0 Å². The minimum Gasteiger partial charge on any atom is -0.478 e. The van der Waals surface area contributed by atoms with Gasteiger partial charge in [0.25, 0.3) is 0 Å². The van der Waals surface area contributed by atoms with Crippen LogP contribution in [0.25, 0.3) is 0 Å². The van der Waals surface area contributed by atoms with Crippen molar-refractivity contribution in [2.24, 2.45) is 0 Å². The van der Waals surface area contributed by atoms with E-state index in [0.29, 0.717) is 21.9 Å². The molecule has 0 atom stereocenters. The van der Waals surface area contributed by atoms with E-state index in [4.69, 9.17) is 10.4 Å². The molecule has 2 aromatic rings. The summed E-state index contributed by atoms with van der Waals surface area (Å²) in [5.74, 6) is -1.60. The molecule has 0 bridgehead atoms. The largest absolute Gasteiger partial charge is 0.478 e. The van der Waals surface area contributed by atoms with Gasteiger partial charge in [-0.1, -0.05) is 6.07 Å². The van der Waals surface area contributed by atoms with Crippen molar-refractivity contribution in [2.75, 3.05) is 0 Å². The molecule has 20 heavy (non-hydrogen) atoms. The van der Waals surface area contributed by atoms with Gasteiger partial charge >= 0.3 is 5.97 Å². The van der Waals surface area contributed by atoms with Gasteiger partial charge in [-0.25, -0.2) is 14.2 Å². The molecular weight excluding hydrogens is 279 g/mol. The summed E-state index contributed by atoms with van der Waals surface area (Å²) in [4.78, 5) is 14.8. The minimum absolute atomic E-state index is 0.344. The second-order valence-corrected chi connectivity index (χ2v) is 4.90. The maximum Gasteiger partial charge on any atom is 0.338 e. The highest BCUT2D eigenvalue weighted by Gasteiger charge is 2.10. The molecule has 0 saturated heterocycles. The molecule has 0 radical (unpaired) electrons. The number of aromatic nitrogens is 1. The zero-order chi connectivity index (χ0) is 14.5. The van der Waals surface area contributed by atoms with Crippen molar-refractivity contribution in [3.63, 3.8) is 0 Å². The number of aromatic carboxylic acids is 1. The number of nitriles is 1. The number of pyridine rings is 1. The highest BCUT2D eigenvalue weighted by molar-refractivity contribution is 7.98. The molecule has 0 amide bonds. The lowest BCUT2D eigenvalue weighted by atomic mass is 10.1. The highest BCUT2D eigenvalue weighted by Crippen LogP contribution is 2.22. The van der Waals surface area contributed by atoms with Gasteiger partial charge in [0, 0.05) is 11.9 Å². The number of thioether (sulfide) groups is 1. The van der Waals surface area contributed by atoms with Gasteiger partial charge in [-0.15, -0.1) is 11.8 Å². The highest BCUT2D eigenvalue weighted by atomic mass is 32.2. The van der Waals surface area contributed by atoms with Crippen molar-refractivity contribution < 1.29 is 14.3 Å². The minimum atomic E-state index is -1.29. The Hall–Kier alpha value is -2.39. The summed E-state index contributed by atoms with van der Waals surface area (Å²) < 4.78 is 13.5. The van der Waals surface area contributed by atoms with Crippen LogP contribution in [0.3, 0.4) is 0 Å². The Morgan fingerprint density at radius 3 is 2.85 bits per heavy atom. The molecule has 0 aliphatic heterocycles. The molecule has 1 heterocycles. The van der Waals surface area contributed by atoms with E-state index in [1.807, 2.05) is 6.07 Å². The van der Waals surface area contributed by atoms with Crippen molar-refractivity contribution in [3.05, 3.63) is 59.0 Å². The fraction of sp³-hybridized carbons (Fsp3) is 0.0714. The van der Waals surface area contributed by atoms with E-state index < -0.39 is 11.8 Å². The Morgan fingerprint density at radius 2 is 2.20 bits per heavy atom. The lowest BCUT2D eigenvalue weighted by molar-refractivity contribution is 0.0692. The van der Waals surface area contributed by atoms with Crippen LogP contribution in [0, 0.1) is 17.1 Å². The van der Waals surface area contributed by atoms with E-state index in [2.05, 4.69) is 4.98 Å². The van der Waals surface area contributed by atoms with Crippen LogP contribution in [0.15, 0.2) is 41.6 Å². The lowest BCUT2D eigenvalue weighted by Gasteiger charge is -2.03. The van der Waals surface area contributed by atoms with Gasteiger partial charge < -0.3 is 5.11 Å². The monoisotopic (exact) mass is 288 g/mol. The van der Waals surface area contributed by atoms with Crippen LogP contribution in [0.1, 0.15) is 21.5 Å². The first-order valence-electron chi connectivity index (χ1n) is 5.61. The van der Waals surface area contributed by atoms with Gasteiger partial charge in [0.2, 0.25) is 0 Å². The second-order valence-electron chi connectivity index (χ2n) is 3.90. The average molecular weight is 288 g/mol. The standard InChI is InChI=1S/C14H9FN2O2S/c15-12-5-10(1-2-11(12)14(18)19)8-20-13-6-9(7-16)3-4-17-13/h1-6H,8H2,(H,18,19). The van der Waals surface area contributed by atoms with Crippen LogP contribution in [0.5, 0.6) is 0 Å². The number of carbonyl (C=O) groups is 1. The van der Waals surface area contributed by atoms with Crippen molar-refractivity contribution >= 4 is 17.7 Å². The fourth-order valence-corrected chi connectivity index (χ4v) is 2.38. The maximum absolute atomic E-state index is 13.5. The SMILES string of the molecule is N#Cc1ccnc(SCc2ccc(C(=O)O)c(F)c2)c1. The molecule has 6 heteroatoms. The first kappa shape index (κ1) is 14.0. The normalized spacial score (nSPS) is 10.0. The summed E-state index contributed by atoms with van der Waals surface area (Å²) in [6.45, 7) is 0. The van der Waals surface area contributed by atoms with Crippen molar-refractivity contribution in [1.29, 1.82) is 5.26 Å². The van der Waals surface area contributed by atoms with Gasteiger partial charge in [-0.2, -0.15) is 5.26 Å². The predicted molar refractivity (Wildman–Crippen MR) is 71.9 cm³/mol. The number of halogens is 1. The van der Waals surface area contributed by atoms with E-state index >= 15 is 0 Å². The third-order valence-corrected chi connectivity index (χ3v) is 3.51. The number of hydrogen-bond acceptors (Lipinski definition) is 4. The molecular formula is C14H9FN2O2S. The predicted octanol–water partition coefficient (Wildman–Crippen LogP) is 3.08. The Morgan fingerprint density at radius 1 is 1.40 bits per heavy atom. The summed E-state index contributed by atoms with van der Waals surface area (Å²) in [7, 11) is 0. The molecule has 0 unspecified atom stereocenters. The fourth-order valence-electron chi connectivity index (χ4n) is 1.54. The quantitative estimate of drug-likeness (QED) is 0.875. The number of benzene rings is 1. The van der Waals surface area contributed by atoms with Crippen molar-refractivity contribution in [2.45, 2.75) is 10.8 Å². The molecule has 4 nitrogen and oxygen atoms in total. The average Bonchev–Trinajstić information content (AvgIpc) is 2.45. The molecule has 0 fully saturated rings. The van der Waals surface area contributed by atoms with E-state index in [1.54, 1.807) is 18.2 Å². The van der Waals surface area contributed by atoms with Crippen molar-refractivity contribution in [1.82, 2.24) is 4.98 Å². The zero-order valence-electron chi connectivity index (χ0n) is 10.2. The van der Waals surface area contributed by atoms with Crippen LogP contribution < -0.4 is 0 Å². The molecule has 2 rings (SSSR count). The lowest BCUT2D eigenvalue weighted by Crippen LogP contribution is -2.00. The van der Waals surface area contributed by atoms with E-state index in [9.17, 15) is 9.18 Å². The van der Waals surface area contributed by atoms with Crippen LogP contribution in [0.2, 0.25) is 0 Å². The van der Waals surface area contributed by atoms with Crippen LogP contribution in [-0.2, 0) is 5.75 Å². The molecule has 100 valence electrons. The maximum atomic E-state index is 13.5. The van der Waals surface area contributed by atoms with Crippen LogP contribution in [-0.4, -0.2) is 16.1 Å². The molecule has 1 aromatic carbocycles. The number of hydrogen-bond donors (Lipinski definition) is 1. The number of rotatable bonds is 4. The molecule has 0 spiro atoms. The second kappa shape index (κ2) is 6.17. The summed E-state index contributed by atoms with van der Waals surface area (Å²) in [6, 6.07) is 9.27. The number of carboxylic acids is 1. The molecule has 0 aliphatic carbocycles. The van der Waals surface area contributed by atoms with E-state index in [0.717, 1.165) is 0 Å². The van der Waals surface area contributed by atoms with E-state index in [-0.39, 0.29) is 5.56 Å². The molecule has 0 aliphatic rings. The van der Waals surface area contributed by atoms with Gasteiger partial charge in [0.1, 0.15) is 5.82 Å². The first-order valence-corrected chi connectivity index (χ1v) is 6.59. The van der Waals surface area contributed by atoms with Crippen LogP contribution >= 0.6 is 11.8 Å². The number of nitrogens with zero attached hydrogens (tertiary/aromatic N) is 2. The molecule has 0 saturated carbocycles. The number of carboxylic acid groups (broad SMARTS) is 1. The van der Waals surface area contributed by atoms with Gasteiger partial charge in [0.15, 0.2) is 0 Å². The Bertz CT molecular complexity index is 698. The van der Waals surface area contributed by atoms with Crippen LogP contribution in [0.4, 0.5) is 4.39 Å². The third kappa shape index (κ3) is 3.33. The molecule has 1 N–H and O–H groups in total. The Balaban J connectivity index is 2.09. The Labute approximate surface area is 118 Å². The van der Waals surface area contributed by atoms with Crippen molar-refractivity contribution in [3.8, 4) is 6.07 Å². The summed E-state index contributed by atoms with van der Waals surface area (Å²) >= 11 is 1.35. The summed E-state index contributed by atoms with van der Waals surface area (Å²) in [5.41, 5.74) is 0.819. The van der Waals surface area contributed by atoms with Gasteiger partial charge in [0.05, 0.1) is 22.2 Å². The van der Waals surface area contributed by atoms with E-state index in [1.165, 1.54) is 30.1 Å². The van der Waals surface area contributed by atoms with Gasteiger partial charge in [-0.05, 0) is 29.8 Å². The zero-order valence-corrected chi connectivity index (χ0v) is 11.0. The van der Waals surface area contributed by atoms with Gasteiger partial charge in [-0.3, -0.25) is 0 Å². The Kier molecular flexibility index (Phi) is 4.33.